The molecule has 1 aliphatic heterocycles. The summed E-state index contributed by atoms with van der Waals surface area (Å²) in [7, 11) is 0. The van der Waals surface area contributed by atoms with E-state index in [1.807, 2.05) is 30.3 Å². The Labute approximate surface area is 155 Å². The first kappa shape index (κ1) is 19.4. The number of halogens is 1. The molecular formula is C20H26ClN3O. The molecule has 0 aliphatic carbocycles. The second-order valence-corrected chi connectivity index (χ2v) is 6.34. The molecule has 4 nitrogen and oxygen atoms in total. The van der Waals surface area contributed by atoms with Gasteiger partial charge in [0.05, 0.1) is 0 Å². The Hall–Kier alpha value is -1.88. The van der Waals surface area contributed by atoms with Gasteiger partial charge in [0, 0.05) is 25.2 Å². The summed E-state index contributed by atoms with van der Waals surface area (Å²) in [5.74, 6) is -0.0467. The zero-order valence-electron chi connectivity index (χ0n) is 14.4. The van der Waals surface area contributed by atoms with Gasteiger partial charge in [-0.15, -0.1) is 12.4 Å². The molecule has 0 radical (unpaired) electrons. The number of nitrogens with one attached hydrogen (secondary N) is 1. The molecule has 3 rings (SSSR count). The monoisotopic (exact) mass is 359 g/mol. The van der Waals surface area contributed by atoms with Crippen molar-refractivity contribution in [2.24, 2.45) is 5.73 Å². The van der Waals surface area contributed by atoms with E-state index in [-0.39, 0.29) is 18.3 Å². The topological polar surface area (TPSA) is 58.4 Å². The third-order valence-corrected chi connectivity index (χ3v) is 4.60. The van der Waals surface area contributed by atoms with Crippen LogP contribution >= 0.6 is 12.4 Å². The van der Waals surface area contributed by atoms with Gasteiger partial charge >= 0.3 is 0 Å². The molecule has 1 aliphatic rings. The average molecular weight is 360 g/mol. The third-order valence-electron chi connectivity index (χ3n) is 4.60. The van der Waals surface area contributed by atoms with Crippen LogP contribution in [0.4, 0.5) is 0 Å². The van der Waals surface area contributed by atoms with Gasteiger partial charge in [0.1, 0.15) is 0 Å². The first-order valence-electron chi connectivity index (χ1n) is 8.62. The van der Waals surface area contributed by atoms with Crippen LogP contribution in [0.3, 0.4) is 0 Å². The molecule has 0 unspecified atom stereocenters. The number of nitrogens with zero attached hydrogens (tertiary/aromatic N) is 1. The molecule has 2 aromatic carbocycles. The van der Waals surface area contributed by atoms with Crippen molar-refractivity contribution in [3.8, 4) is 0 Å². The van der Waals surface area contributed by atoms with E-state index in [0.29, 0.717) is 18.7 Å². The van der Waals surface area contributed by atoms with Crippen molar-refractivity contribution in [2.75, 3.05) is 13.1 Å². The zero-order valence-corrected chi connectivity index (χ0v) is 15.2. The van der Waals surface area contributed by atoms with Crippen molar-refractivity contribution in [1.29, 1.82) is 0 Å². The number of rotatable bonds is 6. The van der Waals surface area contributed by atoms with Crippen molar-refractivity contribution in [3.63, 3.8) is 0 Å². The van der Waals surface area contributed by atoms with Gasteiger partial charge < -0.3 is 11.1 Å². The zero-order chi connectivity index (χ0) is 16.8. The SMILES string of the molecule is Cl.NCc1ccc(C(=O)NCc2ccccc2CN2CCCC2)cc1. The first-order chi connectivity index (χ1) is 11.8. The van der Waals surface area contributed by atoms with Gasteiger partial charge in [-0.05, 0) is 54.8 Å². The van der Waals surface area contributed by atoms with E-state index in [1.54, 1.807) is 0 Å². The predicted octanol–water partition coefficient (Wildman–Crippen LogP) is 3.09. The molecule has 25 heavy (non-hydrogen) atoms. The van der Waals surface area contributed by atoms with Gasteiger partial charge in [-0.3, -0.25) is 9.69 Å². The van der Waals surface area contributed by atoms with E-state index in [0.717, 1.165) is 12.1 Å². The normalized spacial score (nSPS) is 14.1. The lowest BCUT2D eigenvalue weighted by Gasteiger charge is -2.17. The largest absolute Gasteiger partial charge is 0.348 e. The molecule has 0 atom stereocenters. The Balaban J connectivity index is 0.00000225. The van der Waals surface area contributed by atoms with Crippen LogP contribution < -0.4 is 11.1 Å². The highest BCUT2D eigenvalue weighted by molar-refractivity contribution is 5.94. The molecule has 0 saturated carbocycles. The lowest BCUT2D eigenvalue weighted by molar-refractivity contribution is 0.0950. The lowest BCUT2D eigenvalue weighted by atomic mass is 10.1. The van der Waals surface area contributed by atoms with E-state index in [4.69, 9.17) is 5.73 Å². The summed E-state index contributed by atoms with van der Waals surface area (Å²) in [4.78, 5) is 14.8. The van der Waals surface area contributed by atoms with Crippen LogP contribution in [0, 0.1) is 0 Å². The van der Waals surface area contributed by atoms with Crippen LogP contribution in [0.5, 0.6) is 0 Å². The van der Waals surface area contributed by atoms with E-state index in [2.05, 4.69) is 28.4 Å². The summed E-state index contributed by atoms with van der Waals surface area (Å²) < 4.78 is 0. The minimum absolute atomic E-state index is 0. The van der Waals surface area contributed by atoms with Crippen LogP contribution in [0.15, 0.2) is 48.5 Å². The van der Waals surface area contributed by atoms with Crippen molar-refractivity contribution < 1.29 is 4.79 Å². The number of likely N-dealkylation sites (tertiary alicyclic amines) is 1. The number of hydrogen-bond donors (Lipinski definition) is 2. The number of carbonyl (C=O) groups excluding carboxylic acids is 1. The van der Waals surface area contributed by atoms with E-state index in [1.165, 1.54) is 37.1 Å². The molecule has 1 saturated heterocycles. The van der Waals surface area contributed by atoms with Crippen LogP contribution in [-0.2, 0) is 19.6 Å². The van der Waals surface area contributed by atoms with E-state index in [9.17, 15) is 4.79 Å². The molecule has 134 valence electrons. The molecule has 0 aromatic heterocycles. The second kappa shape index (κ2) is 9.56. The number of amides is 1. The van der Waals surface area contributed by atoms with Crippen molar-refractivity contribution in [3.05, 3.63) is 70.8 Å². The van der Waals surface area contributed by atoms with Gasteiger partial charge in [0.25, 0.3) is 5.91 Å². The van der Waals surface area contributed by atoms with E-state index < -0.39 is 0 Å². The number of benzene rings is 2. The maximum absolute atomic E-state index is 12.3. The molecule has 2 aromatic rings. The van der Waals surface area contributed by atoms with Gasteiger partial charge in [0.15, 0.2) is 0 Å². The number of hydrogen-bond acceptors (Lipinski definition) is 3. The summed E-state index contributed by atoms with van der Waals surface area (Å²) in [5.41, 5.74) is 9.79. The standard InChI is InChI=1S/C20H25N3O.ClH/c21-13-16-7-9-17(10-8-16)20(24)22-14-18-5-1-2-6-19(18)15-23-11-3-4-12-23;/h1-2,5-10H,3-4,11-15,21H2,(H,22,24);1H. The van der Waals surface area contributed by atoms with Crippen LogP contribution in [0.25, 0.3) is 0 Å². The third kappa shape index (κ3) is 5.30. The smallest absolute Gasteiger partial charge is 0.251 e. The van der Waals surface area contributed by atoms with Gasteiger partial charge in [-0.25, -0.2) is 0 Å². The van der Waals surface area contributed by atoms with Gasteiger partial charge in [0.2, 0.25) is 0 Å². The molecule has 3 N–H and O–H groups in total. The number of nitrogens with two attached hydrogens (primary N) is 1. The van der Waals surface area contributed by atoms with Gasteiger partial charge in [-0.1, -0.05) is 36.4 Å². The Bertz CT molecular complexity index is 682. The summed E-state index contributed by atoms with van der Waals surface area (Å²) in [6, 6.07) is 15.8. The fraction of sp³-hybridized carbons (Fsp3) is 0.350. The Morgan fingerprint density at radius 3 is 2.28 bits per heavy atom. The molecule has 1 amide bonds. The fourth-order valence-corrected chi connectivity index (χ4v) is 3.14. The Kier molecular flexibility index (Phi) is 7.44. The van der Waals surface area contributed by atoms with Crippen LogP contribution in [-0.4, -0.2) is 23.9 Å². The van der Waals surface area contributed by atoms with Crippen LogP contribution in [0.2, 0.25) is 0 Å². The van der Waals surface area contributed by atoms with E-state index >= 15 is 0 Å². The lowest BCUT2D eigenvalue weighted by Crippen LogP contribution is -2.25. The van der Waals surface area contributed by atoms with Crippen LogP contribution in [0.1, 0.15) is 39.9 Å². The summed E-state index contributed by atoms with van der Waals surface area (Å²) in [6.45, 7) is 4.37. The summed E-state index contributed by atoms with van der Waals surface area (Å²) >= 11 is 0. The summed E-state index contributed by atoms with van der Waals surface area (Å²) in [6.07, 6.45) is 2.58. The molecular weight excluding hydrogens is 334 g/mol. The quantitative estimate of drug-likeness (QED) is 0.833. The summed E-state index contributed by atoms with van der Waals surface area (Å²) in [5, 5.41) is 3.03. The highest BCUT2D eigenvalue weighted by atomic mass is 35.5. The Morgan fingerprint density at radius 1 is 1.00 bits per heavy atom. The average Bonchev–Trinajstić information content (AvgIpc) is 3.14. The molecule has 0 bridgehead atoms. The fourth-order valence-electron chi connectivity index (χ4n) is 3.14. The number of carbonyl (C=O) groups is 1. The molecule has 1 heterocycles. The molecule has 1 fully saturated rings. The predicted molar refractivity (Wildman–Crippen MR) is 104 cm³/mol. The highest BCUT2D eigenvalue weighted by Gasteiger charge is 2.14. The maximum Gasteiger partial charge on any atom is 0.251 e. The molecule has 0 spiro atoms. The minimum atomic E-state index is -0.0467. The molecule has 5 heteroatoms. The minimum Gasteiger partial charge on any atom is -0.348 e. The second-order valence-electron chi connectivity index (χ2n) is 6.34. The Morgan fingerprint density at radius 2 is 1.64 bits per heavy atom. The first-order valence-corrected chi connectivity index (χ1v) is 8.62. The van der Waals surface area contributed by atoms with Crippen molar-refractivity contribution in [1.82, 2.24) is 10.2 Å². The maximum atomic E-state index is 12.3. The van der Waals surface area contributed by atoms with Crippen molar-refractivity contribution >= 4 is 18.3 Å². The highest BCUT2D eigenvalue weighted by Crippen LogP contribution is 2.16. The van der Waals surface area contributed by atoms with Gasteiger partial charge in [-0.2, -0.15) is 0 Å². The van der Waals surface area contributed by atoms with Crippen molar-refractivity contribution in [2.45, 2.75) is 32.5 Å².